The Hall–Kier alpha value is -2.04. The third kappa shape index (κ3) is 3.05. The van der Waals surface area contributed by atoms with Crippen LogP contribution in [0.1, 0.15) is 18.1 Å². The van der Waals surface area contributed by atoms with Gasteiger partial charge in [-0.3, -0.25) is 0 Å². The van der Waals surface area contributed by atoms with Gasteiger partial charge in [-0.05, 0) is 19.8 Å². The number of hydrogen-bond acceptors (Lipinski definition) is 4. The van der Waals surface area contributed by atoms with Crippen LogP contribution in [0.15, 0.2) is 35.9 Å². The monoisotopic (exact) mass is 314 g/mol. The van der Waals surface area contributed by atoms with Gasteiger partial charge < -0.3 is 19.7 Å². The van der Waals surface area contributed by atoms with E-state index in [4.69, 9.17) is 19.7 Å². The van der Waals surface area contributed by atoms with Crippen molar-refractivity contribution in [1.29, 1.82) is 0 Å². The fourth-order valence-corrected chi connectivity index (χ4v) is 3.13. The fourth-order valence-electron chi connectivity index (χ4n) is 3.13. The molecule has 23 heavy (non-hydrogen) atoms. The molecule has 0 saturated carbocycles. The van der Waals surface area contributed by atoms with E-state index in [2.05, 4.69) is 13.0 Å². The molecule has 2 aromatic carbocycles. The number of hydrogen-bond donors (Lipinski definition) is 2. The molecule has 0 spiro atoms. The van der Waals surface area contributed by atoms with Crippen molar-refractivity contribution in [1.82, 2.24) is 0 Å². The second kappa shape index (κ2) is 7.02. The highest BCUT2D eigenvalue weighted by Gasteiger charge is 2.23. The third-order valence-electron chi connectivity index (χ3n) is 4.11. The Balaban J connectivity index is 2.23. The first-order valence-corrected chi connectivity index (χ1v) is 7.95. The summed E-state index contributed by atoms with van der Waals surface area (Å²) in [5, 5.41) is 20.2. The summed E-state index contributed by atoms with van der Waals surface area (Å²) in [5.74, 6) is 1.68. The number of aliphatic hydroxyl groups excluding tert-OH is 2. The normalized spacial score (nSPS) is 13.6. The smallest absolute Gasteiger partial charge is 0.131 e. The molecule has 4 heteroatoms. The summed E-state index contributed by atoms with van der Waals surface area (Å²) in [6.45, 7) is 2.63. The highest BCUT2D eigenvalue weighted by atomic mass is 16.5. The van der Waals surface area contributed by atoms with Crippen LogP contribution in [0.25, 0.3) is 10.8 Å². The van der Waals surface area contributed by atoms with Gasteiger partial charge in [-0.1, -0.05) is 35.9 Å². The average Bonchev–Trinajstić information content (AvgIpc) is 2.58. The van der Waals surface area contributed by atoms with Crippen LogP contribution in [0.2, 0.25) is 0 Å². The first-order valence-electron chi connectivity index (χ1n) is 7.95. The largest absolute Gasteiger partial charge is 0.490 e. The molecule has 0 aromatic heterocycles. The van der Waals surface area contributed by atoms with E-state index in [0.29, 0.717) is 0 Å². The molecule has 0 unspecified atom stereocenters. The van der Waals surface area contributed by atoms with Crippen molar-refractivity contribution >= 4 is 10.8 Å². The maximum Gasteiger partial charge on any atom is 0.131 e. The molecular weight excluding hydrogens is 292 g/mol. The molecule has 0 amide bonds. The molecule has 0 aliphatic heterocycles. The molecule has 1 aliphatic rings. The molecule has 2 N–H and O–H groups in total. The molecule has 0 saturated heterocycles. The van der Waals surface area contributed by atoms with Crippen molar-refractivity contribution < 1.29 is 19.7 Å². The van der Waals surface area contributed by atoms with Crippen molar-refractivity contribution in [3.63, 3.8) is 0 Å². The molecule has 2 aromatic rings. The molecule has 0 heterocycles. The third-order valence-corrected chi connectivity index (χ3v) is 4.11. The first kappa shape index (κ1) is 15.8. The van der Waals surface area contributed by atoms with E-state index in [9.17, 15) is 0 Å². The van der Waals surface area contributed by atoms with Crippen LogP contribution in [0.5, 0.6) is 11.5 Å². The van der Waals surface area contributed by atoms with Gasteiger partial charge in [0.1, 0.15) is 24.7 Å². The van der Waals surface area contributed by atoms with Crippen LogP contribution in [-0.4, -0.2) is 36.6 Å². The Morgan fingerprint density at radius 1 is 0.913 bits per heavy atom. The number of ether oxygens (including phenoxy) is 2. The Morgan fingerprint density at radius 2 is 1.48 bits per heavy atom. The van der Waals surface area contributed by atoms with E-state index in [1.807, 2.05) is 24.3 Å². The van der Waals surface area contributed by atoms with Crippen molar-refractivity contribution in [2.24, 2.45) is 0 Å². The second-order valence-electron chi connectivity index (χ2n) is 5.74. The van der Waals surface area contributed by atoms with Crippen LogP contribution < -0.4 is 9.47 Å². The number of fused-ring (bicyclic) bond motifs is 2. The van der Waals surface area contributed by atoms with Gasteiger partial charge in [0.25, 0.3) is 0 Å². The predicted octanol–water partition coefficient (Wildman–Crippen LogP) is 2.63. The summed E-state index contributed by atoms with van der Waals surface area (Å²) in [5.41, 5.74) is 3.55. The van der Waals surface area contributed by atoms with E-state index in [1.54, 1.807) is 0 Å². The minimum absolute atomic E-state index is 0.0132. The van der Waals surface area contributed by atoms with Crippen LogP contribution in [0.4, 0.5) is 0 Å². The van der Waals surface area contributed by atoms with Crippen molar-refractivity contribution in [2.45, 2.75) is 19.8 Å². The number of allylic oxidation sites excluding steroid dienone is 2. The van der Waals surface area contributed by atoms with Gasteiger partial charge in [-0.25, -0.2) is 0 Å². The molecule has 0 radical (unpaired) electrons. The molecule has 1 aliphatic carbocycles. The Labute approximate surface area is 136 Å². The van der Waals surface area contributed by atoms with Gasteiger partial charge in [0.05, 0.1) is 13.2 Å². The minimum atomic E-state index is -0.0132. The second-order valence-corrected chi connectivity index (χ2v) is 5.74. The Kier molecular flexibility index (Phi) is 4.84. The summed E-state index contributed by atoms with van der Waals surface area (Å²) >= 11 is 0. The SMILES string of the molecule is CC1=CCc2c(c(OCCO)c3ccccc3c2OCCO)C1. The Bertz CT molecular complexity index is 734. The maximum absolute atomic E-state index is 9.14. The summed E-state index contributed by atoms with van der Waals surface area (Å²) in [6.07, 6.45) is 3.82. The van der Waals surface area contributed by atoms with E-state index in [1.165, 1.54) is 5.57 Å². The van der Waals surface area contributed by atoms with Crippen LogP contribution in [0.3, 0.4) is 0 Å². The average molecular weight is 314 g/mol. The topological polar surface area (TPSA) is 58.9 Å². The zero-order chi connectivity index (χ0) is 16.2. The Morgan fingerprint density at radius 3 is 2.04 bits per heavy atom. The number of aliphatic hydroxyl groups is 2. The van der Waals surface area contributed by atoms with Crippen molar-refractivity contribution in [3.8, 4) is 11.5 Å². The lowest BCUT2D eigenvalue weighted by atomic mass is 9.87. The zero-order valence-electron chi connectivity index (χ0n) is 13.3. The lowest BCUT2D eigenvalue weighted by molar-refractivity contribution is 0.198. The molecule has 3 rings (SSSR count). The fraction of sp³-hybridized carbons (Fsp3) is 0.368. The van der Waals surface area contributed by atoms with E-state index < -0.39 is 0 Å². The summed E-state index contributed by atoms with van der Waals surface area (Å²) in [7, 11) is 0. The molecule has 122 valence electrons. The van der Waals surface area contributed by atoms with Gasteiger partial charge in [-0.2, -0.15) is 0 Å². The summed E-state index contributed by atoms with van der Waals surface area (Å²) in [6, 6.07) is 7.98. The van der Waals surface area contributed by atoms with E-state index in [0.717, 1.165) is 46.2 Å². The van der Waals surface area contributed by atoms with Gasteiger partial charge in [0, 0.05) is 21.9 Å². The lowest BCUT2D eigenvalue weighted by Crippen LogP contribution is -2.12. The van der Waals surface area contributed by atoms with Gasteiger partial charge in [-0.15, -0.1) is 0 Å². The van der Waals surface area contributed by atoms with Crippen LogP contribution >= 0.6 is 0 Å². The van der Waals surface area contributed by atoms with Gasteiger partial charge in [0.15, 0.2) is 0 Å². The minimum Gasteiger partial charge on any atom is -0.490 e. The zero-order valence-corrected chi connectivity index (χ0v) is 13.3. The van der Waals surface area contributed by atoms with Crippen LogP contribution in [0, 0.1) is 0 Å². The number of rotatable bonds is 6. The molecule has 0 fully saturated rings. The first-order chi connectivity index (χ1) is 11.3. The molecule has 0 bridgehead atoms. The van der Waals surface area contributed by atoms with E-state index in [-0.39, 0.29) is 26.4 Å². The predicted molar refractivity (Wildman–Crippen MR) is 90.3 cm³/mol. The molecule has 4 nitrogen and oxygen atoms in total. The standard InChI is InChI=1S/C19H22O4/c1-13-6-7-16-17(12-13)19(23-11-9-21)15-5-3-2-4-14(15)18(16)22-10-8-20/h2-6,20-21H,7-12H2,1H3. The molecular formula is C19H22O4. The van der Waals surface area contributed by atoms with E-state index >= 15 is 0 Å². The van der Waals surface area contributed by atoms with Gasteiger partial charge in [0.2, 0.25) is 0 Å². The number of benzene rings is 2. The summed E-state index contributed by atoms with van der Waals surface area (Å²) < 4.78 is 11.8. The summed E-state index contributed by atoms with van der Waals surface area (Å²) in [4.78, 5) is 0. The van der Waals surface area contributed by atoms with Gasteiger partial charge >= 0.3 is 0 Å². The van der Waals surface area contributed by atoms with Crippen molar-refractivity contribution in [3.05, 3.63) is 47.0 Å². The quantitative estimate of drug-likeness (QED) is 0.805. The lowest BCUT2D eigenvalue weighted by Gasteiger charge is -2.24. The maximum atomic E-state index is 9.14. The van der Waals surface area contributed by atoms with Crippen molar-refractivity contribution in [2.75, 3.05) is 26.4 Å². The molecule has 0 atom stereocenters. The van der Waals surface area contributed by atoms with Crippen LogP contribution in [-0.2, 0) is 12.8 Å². The highest BCUT2D eigenvalue weighted by Crippen LogP contribution is 2.43. The highest BCUT2D eigenvalue weighted by molar-refractivity contribution is 5.96.